The number of hydrogen-bond acceptors (Lipinski definition) is 3. The molecule has 6 heteroatoms. The molecule has 2 aromatic rings. The number of likely N-dealkylation sites (N-methyl/N-ethyl adjacent to an activating group) is 1. The largest absolute Gasteiger partial charge is 0.352 e. The van der Waals surface area contributed by atoms with Crippen molar-refractivity contribution in [1.82, 2.24) is 15.1 Å². The molecule has 0 radical (unpaired) electrons. The summed E-state index contributed by atoms with van der Waals surface area (Å²) in [6.07, 6.45) is 0.774. The van der Waals surface area contributed by atoms with Gasteiger partial charge in [0.1, 0.15) is 11.6 Å². The van der Waals surface area contributed by atoms with Gasteiger partial charge in [0.2, 0.25) is 0 Å². The second-order valence-corrected chi connectivity index (χ2v) is 6.99. The zero-order valence-corrected chi connectivity index (χ0v) is 15.5. The fraction of sp³-hybridized carbons (Fsp3) is 0.381. The first-order valence-corrected chi connectivity index (χ1v) is 9.25. The van der Waals surface area contributed by atoms with Crippen LogP contribution in [0.25, 0.3) is 0 Å². The third kappa shape index (κ3) is 5.34. The van der Waals surface area contributed by atoms with Gasteiger partial charge in [0.25, 0.3) is 5.91 Å². The van der Waals surface area contributed by atoms with E-state index in [-0.39, 0.29) is 5.56 Å². The molecule has 4 nitrogen and oxygen atoms in total. The number of carbonyl (C=O) groups excluding carboxylic acids is 1. The molecule has 27 heavy (non-hydrogen) atoms. The minimum Gasteiger partial charge on any atom is -0.352 e. The summed E-state index contributed by atoms with van der Waals surface area (Å²) in [7, 11) is 2.13. The highest BCUT2D eigenvalue weighted by atomic mass is 19.1. The van der Waals surface area contributed by atoms with Crippen molar-refractivity contribution in [3.8, 4) is 0 Å². The van der Waals surface area contributed by atoms with Gasteiger partial charge < -0.3 is 10.2 Å². The van der Waals surface area contributed by atoms with Crippen molar-refractivity contribution in [2.45, 2.75) is 12.5 Å². The number of piperazine rings is 1. The Hall–Kier alpha value is -2.31. The van der Waals surface area contributed by atoms with Crippen molar-refractivity contribution >= 4 is 5.91 Å². The quantitative estimate of drug-likeness (QED) is 0.791. The van der Waals surface area contributed by atoms with Gasteiger partial charge in [0, 0.05) is 50.4 Å². The molecule has 1 aliphatic rings. The Morgan fingerprint density at radius 1 is 1.11 bits per heavy atom. The molecule has 1 aliphatic heterocycles. The fourth-order valence-electron chi connectivity index (χ4n) is 3.49. The molecule has 0 bridgehead atoms. The van der Waals surface area contributed by atoms with Gasteiger partial charge in [-0.25, -0.2) is 8.78 Å². The molecule has 0 aromatic heterocycles. The molecule has 1 atom stereocenters. The Kier molecular flexibility index (Phi) is 6.53. The van der Waals surface area contributed by atoms with Gasteiger partial charge >= 0.3 is 0 Å². The highest BCUT2D eigenvalue weighted by Gasteiger charge is 2.25. The Balaban J connectivity index is 1.52. The Bertz CT molecular complexity index is 749. The average Bonchev–Trinajstić information content (AvgIpc) is 2.66. The summed E-state index contributed by atoms with van der Waals surface area (Å²) in [5.41, 5.74) is 1.30. The zero-order chi connectivity index (χ0) is 19.2. The Morgan fingerprint density at radius 3 is 2.52 bits per heavy atom. The third-order valence-corrected chi connectivity index (χ3v) is 4.91. The molecule has 0 unspecified atom stereocenters. The van der Waals surface area contributed by atoms with Crippen LogP contribution in [0, 0.1) is 11.6 Å². The van der Waals surface area contributed by atoms with Crippen LogP contribution in [0.5, 0.6) is 0 Å². The van der Waals surface area contributed by atoms with E-state index >= 15 is 0 Å². The monoisotopic (exact) mass is 373 g/mol. The lowest BCUT2D eigenvalue weighted by Crippen LogP contribution is -2.47. The molecular formula is C21H25F2N3O. The van der Waals surface area contributed by atoms with Crippen molar-refractivity contribution in [1.29, 1.82) is 0 Å². The predicted molar refractivity (Wildman–Crippen MR) is 102 cm³/mol. The van der Waals surface area contributed by atoms with Gasteiger partial charge in [-0.2, -0.15) is 0 Å². The average molecular weight is 373 g/mol. The molecule has 1 heterocycles. The van der Waals surface area contributed by atoms with Crippen molar-refractivity contribution in [2.75, 3.05) is 39.8 Å². The smallest absolute Gasteiger partial charge is 0.251 e. The standard InChI is InChI=1S/C21H25F2N3O/c1-25-10-11-26(20(15-25)16-6-3-2-4-7-16)9-5-8-24-21(27)17-12-18(22)14-19(23)13-17/h2-4,6-7,12-14,20H,5,8-11,15H2,1H3,(H,24,27)/t20-/m1/s1. The number of rotatable bonds is 6. The maximum Gasteiger partial charge on any atom is 0.251 e. The van der Waals surface area contributed by atoms with Crippen LogP contribution in [0.15, 0.2) is 48.5 Å². The summed E-state index contributed by atoms with van der Waals surface area (Å²) < 4.78 is 26.4. The molecule has 1 fully saturated rings. The topological polar surface area (TPSA) is 35.6 Å². The normalized spacial score (nSPS) is 18.4. The molecule has 3 rings (SSSR count). The van der Waals surface area contributed by atoms with Crippen molar-refractivity contribution < 1.29 is 13.6 Å². The first kappa shape index (κ1) is 19.5. The lowest BCUT2D eigenvalue weighted by molar-refractivity contribution is 0.0865. The Morgan fingerprint density at radius 2 is 1.81 bits per heavy atom. The van der Waals surface area contributed by atoms with Crippen LogP contribution in [0.2, 0.25) is 0 Å². The van der Waals surface area contributed by atoms with Crippen LogP contribution in [-0.2, 0) is 0 Å². The molecule has 0 saturated carbocycles. The summed E-state index contributed by atoms with van der Waals surface area (Å²) in [6, 6.07) is 13.6. The summed E-state index contributed by atoms with van der Waals surface area (Å²) in [4.78, 5) is 16.8. The van der Waals surface area contributed by atoms with Gasteiger partial charge in [-0.1, -0.05) is 30.3 Å². The van der Waals surface area contributed by atoms with Crippen LogP contribution >= 0.6 is 0 Å². The summed E-state index contributed by atoms with van der Waals surface area (Å²) in [6.45, 7) is 4.27. The van der Waals surface area contributed by atoms with E-state index in [9.17, 15) is 13.6 Å². The van der Waals surface area contributed by atoms with Crippen LogP contribution in [-0.4, -0.2) is 55.5 Å². The number of amides is 1. The zero-order valence-electron chi connectivity index (χ0n) is 15.5. The highest BCUT2D eigenvalue weighted by molar-refractivity contribution is 5.94. The number of nitrogens with one attached hydrogen (secondary N) is 1. The van der Waals surface area contributed by atoms with Gasteiger partial charge in [-0.15, -0.1) is 0 Å². The van der Waals surface area contributed by atoms with E-state index in [1.54, 1.807) is 0 Å². The second-order valence-electron chi connectivity index (χ2n) is 6.99. The van der Waals surface area contributed by atoms with Crippen LogP contribution < -0.4 is 5.32 Å². The summed E-state index contributed by atoms with van der Waals surface area (Å²) >= 11 is 0. The first-order valence-electron chi connectivity index (χ1n) is 9.25. The van der Waals surface area contributed by atoms with Crippen LogP contribution in [0.1, 0.15) is 28.4 Å². The molecule has 144 valence electrons. The van der Waals surface area contributed by atoms with E-state index in [1.807, 2.05) is 6.07 Å². The van der Waals surface area contributed by atoms with Crippen LogP contribution in [0.3, 0.4) is 0 Å². The van der Waals surface area contributed by atoms with E-state index in [0.717, 1.165) is 50.8 Å². The van der Waals surface area contributed by atoms with Crippen LogP contribution in [0.4, 0.5) is 8.78 Å². The highest BCUT2D eigenvalue weighted by Crippen LogP contribution is 2.24. The fourth-order valence-corrected chi connectivity index (χ4v) is 3.49. The molecule has 2 aromatic carbocycles. The molecule has 1 N–H and O–H groups in total. The number of hydrogen-bond donors (Lipinski definition) is 1. The number of benzene rings is 2. The van der Waals surface area contributed by atoms with Gasteiger partial charge in [-0.3, -0.25) is 9.69 Å². The lowest BCUT2D eigenvalue weighted by atomic mass is 10.0. The van der Waals surface area contributed by atoms with E-state index in [1.165, 1.54) is 5.56 Å². The first-order chi connectivity index (χ1) is 13.0. The van der Waals surface area contributed by atoms with Gasteiger partial charge in [-0.05, 0) is 31.2 Å². The van der Waals surface area contributed by atoms with Gasteiger partial charge in [0.15, 0.2) is 0 Å². The van der Waals surface area contributed by atoms with Crippen molar-refractivity contribution in [3.63, 3.8) is 0 Å². The molecule has 1 saturated heterocycles. The molecule has 1 amide bonds. The van der Waals surface area contributed by atoms with Crippen molar-refractivity contribution in [3.05, 3.63) is 71.3 Å². The SMILES string of the molecule is CN1CCN(CCCNC(=O)c2cc(F)cc(F)c2)[C@@H](c2ccccc2)C1. The van der Waals surface area contributed by atoms with Crippen molar-refractivity contribution in [2.24, 2.45) is 0 Å². The minimum atomic E-state index is -0.747. The Labute approximate surface area is 158 Å². The third-order valence-electron chi connectivity index (χ3n) is 4.91. The summed E-state index contributed by atoms with van der Waals surface area (Å²) in [5, 5.41) is 2.75. The number of halogens is 2. The summed E-state index contributed by atoms with van der Waals surface area (Å²) in [5.74, 6) is -1.95. The van der Waals surface area contributed by atoms with E-state index in [2.05, 4.69) is 46.4 Å². The predicted octanol–water partition coefficient (Wildman–Crippen LogP) is 3.07. The van der Waals surface area contributed by atoms with Gasteiger partial charge in [0.05, 0.1) is 0 Å². The van der Waals surface area contributed by atoms with E-state index in [4.69, 9.17) is 0 Å². The second kappa shape index (κ2) is 9.06. The number of carbonyl (C=O) groups is 1. The number of nitrogens with zero attached hydrogens (tertiary/aromatic N) is 2. The maximum atomic E-state index is 13.2. The minimum absolute atomic E-state index is 0.00857. The lowest BCUT2D eigenvalue weighted by Gasteiger charge is -2.40. The van der Waals surface area contributed by atoms with E-state index in [0.29, 0.717) is 12.6 Å². The molecule has 0 spiro atoms. The molecule has 0 aliphatic carbocycles. The van der Waals surface area contributed by atoms with E-state index < -0.39 is 17.5 Å². The maximum absolute atomic E-state index is 13.2. The molecular weight excluding hydrogens is 348 g/mol.